The van der Waals surface area contributed by atoms with Crippen molar-refractivity contribution in [3.8, 4) is 0 Å². The second-order valence-electron chi connectivity index (χ2n) is 4.14. The van der Waals surface area contributed by atoms with Crippen molar-refractivity contribution < 1.29 is 5.11 Å². The van der Waals surface area contributed by atoms with E-state index in [2.05, 4.69) is 27.6 Å². The maximum absolute atomic E-state index is 8.92. The van der Waals surface area contributed by atoms with E-state index >= 15 is 0 Å². The zero-order chi connectivity index (χ0) is 13.1. The van der Waals surface area contributed by atoms with E-state index in [1.807, 2.05) is 18.7 Å². The Bertz CT molecular complexity index is 513. The second kappa shape index (κ2) is 5.49. The molecule has 0 aromatic carbocycles. The van der Waals surface area contributed by atoms with E-state index < -0.39 is 0 Å². The molecule has 5 nitrogen and oxygen atoms in total. The fourth-order valence-corrected chi connectivity index (χ4v) is 1.94. The van der Waals surface area contributed by atoms with Crippen LogP contribution in [0.3, 0.4) is 0 Å². The van der Waals surface area contributed by atoms with Crippen LogP contribution in [0.25, 0.3) is 0 Å². The summed E-state index contributed by atoms with van der Waals surface area (Å²) in [7, 11) is 0. The Morgan fingerprint density at radius 2 is 2.33 bits per heavy atom. The van der Waals surface area contributed by atoms with Gasteiger partial charge in [0.05, 0.1) is 12.9 Å². The summed E-state index contributed by atoms with van der Waals surface area (Å²) in [6, 6.07) is 0. The van der Waals surface area contributed by atoms with Gasteiger partial charge in [0, 0.05) is 35.4 Å². The summed E-state index contributed by atoms with van der Waals surface area (Å²) in [5, 5.41) is 8.92. The van der Waals surface area contributed by atoms with Gasteiger partial charge in [-0.3, -0.25) is 0 Å². The lowest BCUT2D eigenvalue weighted by Crippen LogP contribution is -2.23. The Kier molecular flexibility index (Phi) is 3.98. The van der Waals surface area contributed by atoms with Crippen molar-refractivity contribution in [3.63, 3.8) is 0 Å². The first kappa shape index (κ1) is 13.0. The number of aliphatic imine (C=N–C) groups is 1. The number of fused-ring (bicyclic) bond motifs is 1. The molecule has 0 aliphatic carbocycles. The van der Waals surface area contributed by atoms with Gasteiger partial charge < -0.3 is 10.0 Å². The van der Waals surface area contributed by atoms with E-state index in [1.165, 1.54) is 0 Å². The Balaban J connectivity index is 2.23. The zero-order valence-corrected chi connectivity index (χ0v) is 11.4. The highest BCUT2D eigenvalue weighted by molar-refractivity contribution is 7.84. The highest BCUT2D eigenvalue weighted by Crippen LogP contribution is 2.25. The van der Waals surface area contributed by atoms with Crippen LogP contribution in [-0.2, 0) is 6.54 Å². The highest BCUT2D eigenvalue weighted by atomic mass is 32.1. The quantitative estimate of drug-likeness (QED) is 0.817. The number of nitrogens with zero attached hydrogens (tertiary/aromatic N) is 4. The molecule has 0 bridgehead atoms. The van der Waals surface area contributed by atoms with Crippen LogP contribution >= 0.6 is 12.6 Å². The predicted molar refractivity (Wildman–Crippen MR) is 73.9 cm³/mol. The van der Waals surface area contributed by atoms with Crippen LogP contribution in [0.1, 0.15) is 24.7 Å². The number of aryl methyl sites for hydroxylation is 1. The molecular weight excluding hydrogens is 248 g/mol. The number of aliphatic hydroxyl groups excluding tert-OH is 1. The average molecular weight is 264 g/mol. The molecule has 96 valence electrons. The summed E-state index contributed by atoms with van der Waals surface area (Å²) in [6.45, 7) is 4.59. The molecule has 0 atom stereocenters. The summed E-state index contributed by atoms with van der Waals surface area (Å²) >= 11 is 4.39. The van der Waals surface area contributed by atoms with Crippen LogP contribution in [-0.4, -0.2) is 32.9 Å². The van der Waals surface area contributed by atoms with Crippen molar-refractivity contribution in [2.24, 2.45) is 4.99 Å². The number of hydrogen-bond acceptors (Lipinski definition) is 6. The summed E-state index contributed by atoms with van der Waals surface area (Å²) < 4.78 is 0. The van der Waals surface area contributed by atoms with Gasteiger partial charge in [-0.05, 0) is 13.8 Å². The maximum Gasteiger partial charge on any atom is 0.162 e. The van der Waals surface area contributed by atoms with Crippen molar-refractivity contribution in [2.75, 3.05) is 6.61 Å². The standard InChI is InChI=1S/C12H16N4OS/c1-8(11(18)3-4-17)16-6-10-5-13-9(2)15-12(10)14-7-16/h5,7,17-18H,3-4,6H2,1-2H3/b11-8+. The van der Waals surface area contributed by atoms with Crippen LogP contribution in [0.15, 0.2) is 21.8 Å². The van der Waals surface area contributed by atoms with E-state index in [0.717, 1.165) is 27.8 Å². The number of aromatic nitrogens is 2. The molecule has 1 aromatic rings. The van der Waals surface area contributed by atoms with Gasteiger partial charge in [0.25, 0.3) is 0 Å². The first-order chi connectivity index (χ1) is 8.61. The molecule has 6 heteroatoms. The molecule has 1 aliphatic heterocycles. The first-order valence-corrected chi connectivity index (χ1v) is 6.19. The van der Waals surface area contributed by atoms with Crippen molar-refractivity contribution in [3.05, 3.63) is 28.2 Å². The molecule has 0 saturated carbocycles. The van der Waals surface area contributed by atoms with Crippen molar-refractivity contribution in [2.45, 2.75) is 26.8 Å². The average Bonchev–Trinajstić information content (AvgIpc) is 2.37. The molecule has 0 saturated heterocycles. The minimum Gasteiger partial charge on any atom is -0.396 e. The minimum atomic E-state index is 0.0973. The number of rotatable bonds is 3. The molecule has 0 amide bonds. The third-order valence-corrected chi connectivity index (χ3v) is 3.37. The second-order valence-corrected chi connectivity index (χ2v) is 4.68. The fraction of sp³-hybridized carbons (Fsp3) is 0.417. The maximum atomic E-state index is 8.92. The topological polar surface area (TPSA) is 61.6 Å². The lowest BCUT2D eigenvalue weighted by atomic mass is 10.2. The van der Waals surface area contributed by atoms with E-state index in [-0.39, 0.29) is 6.61 Å². The van der Waals surface area contributed by atoms with Crippen LogP contribution in [0, 0.1) is 6.92 Å². The van der Waals surface area contributed by atoms with E-state index in [1.54, 1.807) is 12.5 Å². The van der Waals surface area contributed by atoms with Crippen molar-refractivity contribution in [1.29, 1.82) is 0 Å². The predicted octanol–water partition coefficient (Wildman–Crippen LogP) is 1.80. The SMILES string of the molecule is C/C(=C(\S)CCO)N1C=Nc2nc(C)ncc2C1. The van der Waals surface area contributed by atoms with Gasteiger partial charge in [-0.15, -0.1) is 12.6 Å². The molecular formula is C12H16N4OS. The Labute approximate surface area is 112 Å². The molecule has 0 radical (unpaired) electrons. The van der Waals surface area contributed by atoms with Crippen molar-refractivity contribution in [1.82, 2.24) is 14.9 Å². The Hall–Kier alpha value is -1.40. The van der Waals surface area contributed by atoms with Gasteiger partial charge in [0.15, 0.2) is 5.82 Å². The van der Waals surface area contributed by atoms with Gasteiger partial charge in [-0.25, -0.2) is 15.0 Å². The molecule has 0 unspecified atom stereocenters. The third kappa shape index (κ3) is 2.70. The molecule has 2 heterocycles. The van der Waals surface area contributed by atoms with Crippen LogP contribution in [0.5, 0.6) is 0 Å². The van der Waals surface area contributed by atoms with E-state index in [0.29, 0.717) is 13.0 Å². The molecule has 0 fully saturated rings. The molecule has 1 N–H and O–H groups in total. The number of allylic oxidation sites excluding steroid dienone is 1. The normalized spacial score (nSPS) is 15.4. The van der Waals surface area contributed by atoms with Gasteiger partial charge in [0.2, 0.25) is 0 Å². The summed E-state index contributed by atoms with van der Waals surface area (Å²) in [5.41, 5.74) is 1.98. The smallest absolute Gasteiger partial charge is 0.162 e. The summed E-state index contributed by atoms with van der Waals surface area (Å²) in [4.78, 5) is 15.6. The zero-order valence-electron chi connectivity index (χ0n) is 10.5. The number of aliphatic hydroxyl groups is 1. The van der Waals surface area contributed by atoms with Crippen LogP contribution in [0.4, 0.5) is 5.82 Å². The molecule has 18 heavy (non-hydrogen) atoms. The van der Waals surface area contributed by atoms with Gasteiger partial charge in [0.1, 0.15) is 5.82 Å². The fourth-order valence-electron chi connectivity index (χ4n) is 1.71. The third-order valence-electron chi connectivity index (χ3n) is 2.82. The lowest BCUT2D eigenvalue weighted by molar-refractivity contribution is 0.300. The van der Waals surface area contributed by atoms with Gasteiger partial charge >= 0.3 is 0 Å². The lowest BCUT2D eigenvalue weighted by Gasteiger charge is -2.25. The molecule has 0 spiro atoms. The molecule has 2 rings (SSSR count). The van der Waals surface area contributed by atoms with Crippen LogP contribution < -0.4 is 0 Å². The first-order valence-electron chi connectivity index (χ1n) is 5.74. The minimum absolute atomic E-state index is 0.0973. The van der Waals surface area contributed by atoms with Gasteiger partial charge in [-0.2, -0.15) is 0 Å². The largest absolute Gasteiger partial charge is 0.396 e. The van der Waals surface area contributed by atoms with Gasteiger partial charge in [-0.1, -0.05) is 0 Å². The number of thiol groups is 1. The monoisotopic (exact) mass is 264 g/mol. The summed E-state index contributed by atoms with van der Waals surface area (Å²) in [5.74, 6) is 1.45. The molecule has 1 aliphatic rings. The van der Waals surface area contributed by atoms with Crippen molar-refractivity contribution >= 4 is 24.8 Å². The van der Waals surface area contributed by atoms with Crippen LogP contribution in [0.2, 0.25) is 0 Å². The Morgan fingerprint density at radius 3 is 3.06 bits per heavy atom. The highest BCUT2D eigenvalue weighted by Gasteiger charge is 2.16. The van der Waals surface area contributed by atoms with E-state index in [4.69, 9.17) is 5.11 Å². The molecule has 1 aromatic heterocycles. The summed E-state index contributed by atoms with van der Waals surface area (Å²) in [6.07, 6.45) is 4.10. The Morgan fingerprint density at radius 1 is 1.56 bits per heavy atom. The van der Waals surface area contributed by atoms with E-state index in [9.17, 15) is 0 Å². The number of hydrogen-bond donors (Lipinski definition) is 2.